The maximum atomic E-state index is 12.7. The van der Waals surface area contributed by atoms with Crippen molar-refractivity contribution in [3.05, 3.63) is 52.2 Å². The van der Waals surface area contributed by atoms with Crippen molar-refractivity contribution in [2.75, 3.05) is 13.2 Å². The zero-order valence-electron chi connectivity index (χ0n) is 14.4. The lowest BCUT2D eigenvalue weighted by Gasteiger charge is -2.24. The molecule has 1 aromatic carbocycles. The van der Waals surface area contributed by atoms with Crippen LogP contribution in [0, 0.1) is 0 Å². The Morgan fingerprint density at radius 1 is 1.33 bits per heavy atom. The molecule has 0 bridgehead atoms. The molecule has 0 spiro atoms. The van der Waals surface area contributed by atoms with Gasteiger partial charge in [0.25, 0.3) is 5.91 Å². The minimum Gasteiger partial charge on any atom is -0.483 e. The molecule has 1 saturated heterocycles. The van der Waals surface area contributed by atoms with Gasteiger partial charge in [-0.1, -0.05) is 38.1 Å². The molecule has 2 unspecified atom stereocenters. The second kappa shape index (κ2) is 7.84. The number of rotatable bonds is 6. The molecule has 1 aliphatic heterocycles. The summed E-state index contributed by atoms with van der Waals surface area (Å²) in [4.78, 5) is 15.9. The predicted octanol–water partition coefficient (Wildman–Crippen LogP) is 5.00. The van der Waals surface area contributed by atoms with E-state index in [-0.39, 0.29) is 18.6 Å². The van der Waals surface area contributed by atoms with Crippen molar-refractivity contribution in [2.24, 2.45) is 0 Å². The SMILES string of the molecule is CCC(C)c1ccccc1OCC(=O)N1CCCC1c1cccs1. The first-order valence-electron chi connectivity index (χ1n) is 8.75. The zero-order chi connectivity index (χ0) is 16.9. The Balaban J connectivity index is 1.66. The second-order valence-electron chi connectivity index (χ2n) is 6.40. The van der Waals surface area contributed by atoms with E-state index in [1.165, 1.54) is 10.4 Å². The molecule has 1 aromatic heterocycles. The molecular weight excluding hydrogens is 318 g/mol. The molecule has 128 valence electrons. The number of para-hydroxylation sites is 1. The quantitative estimate of drug-likeness (QED) is 0.738. The summed E-state index contributed by atoms with van der Waals surface area (Å²) >= 11 is 1.73. The number of carbonyl (C=O) groups is 1. The van der Waals surface area contributed by atoms with Crippen molar-refractivity contribution < 1.29 is 9.53 Å². The van der Waals surface area contributed by atoms with Crippen molar-refractivity contribution in [1.82, 2.24) is 4.90 Å². The third kappa shape index (κ3) is 3.64. The number of carbonyl (C=O) groups excluding carboxylic acids is 1. The van der Waals surface area contributed by atoms with E-state index >= 15 is 0 Å². The second-order valence-corrected chi connectivity index (χ2v) is 7.38. The van der Waals surface area contributed by atoms with Gasteiger partial charge in [-0.05, 0) is 48.3 Å². The van der Waals surface area contributed by atoms with Crippen LogP contribution >= 0.6 is 11.3 Å². The van der Waals surface area contributed by atoms with Crippen molar-refractivity contribution >= 4 is 17.2 Å². The van der Waals surface area contributed by atoms with Crippen LogP contribution in [0.15, 0.2) is 41.8 Å². The van der Waals surface area contributed by atoms with Crippen LogP contribution in [0.3, 0.4) is 0 Å². The summed E-state index contributed by atoms with van der Waals surface area (Å²) in [7, 11) is 0. The number of nitrogens with zero attached hydrogens (tertiary/aromatic N) is 1. The largest absolute Gasteiger partial charge is 0.483 e. The molecular formula is C20H25NO2S. The lowest BCUT2D eigenvalue weighted by molar-refractivity contribution is -0.134. The first-order valence-corrected chi connectivity index (χ1v) is 9.63. The molecule has 2 heterocycles. The van der Waals surface area contributed by atoms with Gasteiger partial charge in [0.05, 0.1) is 6.04 Å². The summed E-state index contributed by atoms with van der Waals surface area (Å²) in [5, 5.41) is 2.08. The minimum absolute atomic E-state index is 0.0878. The Morgan fingerprint density at radius 3 is 2.92 bits per heavy atom. The van der Waals surface area contributed by atoms with Crippen molar-refractivity contribution in [3.63, 3.8) is 0 Å². The molecule has 1 amide bonds. The van der Waals surface area contributed by atoms with Crippen molar-refractivity contribution in [1.29, 1.82) is 0 Å². The molecule has 1 fully saturated rings. The van der Waals surface area contributed by atoms with Crippen LogP contribution < -0.4 is 4.74 Å². The van der Waals surface area contributed by atoms with Crippen LogP contribution in [0.25, 0.3) is 0 Å². The minimum atomic E-state index is 0.0878. The molecule has 0 aliphatic carbocycles. The highest BCUT2D eigenvalue weighted by atomic mass is 32.1. The first-order chi connectivity index (χ1) is 11.7. The average molecular weight is 343 g/mol. The van der Waals surface area contributed by atoms with Crippen LogP contribution in [0.2, 0.25) is 0 Å². The van der Waals surface area contributed by atoms with Gasteiger partial charge in [-0.2, -0.15) is 0 Å². The van der Waals surface area contributed by atoms with Gasteiger partial charge >= 0.3 is 0 Å². The van der Waals surface area contributed by atoms with Crippen LogP contribution in [-0.4, -0.2) is 24.0 Å². The monoisotopic (exact) mass is 343 g/mol. The van der Waals surface area contributed by atoms with E-state index in [0.29, 0.717) is 5.92 Å². The van der Waals surface area contributed by atoms with Gasteiger partial charge in [-0.25, -0.2) is 0 Å². The summed E-state index contributed by atoms with van der Waals surface area (Å²) in [6, 6.07) is 12.5. The van der Waals surface area contributed by atoms with Crippen molar-refractivity contribution in [2.45, 2.75) is 45.1 Å². The highest BCUT2D eigenvalue weighted by Crippen LogP contribution is 2.34. The average Bonchev–Trinajstić information content (AvgIpc) is 3.29. The van der Waals surface area contributed by atoms with Crippen LogP contribution in [0.5, 0.6) is 5.75 Å². The molecule has 1 aliphatic rings. The van der Waals surface area contributed by atoms with Gasteiger partial charge in [-0.3, -0.25) is 4.79 Å². The van der Waals surface area contributed by atoms with Crippen LogP contribution in [-0.2, 0) is 4.79 Å². The smallest absolute Gasteiger partial charge is 0.261 e. The molecule has 4 heteroatoms. The van der Waals surface area contributed by atoms with E-state index in [4.69, 9.17) is 4.74 Å². The Kier molecular flexibility index (Phi) is 5.56. The fourth-order valence-corrected chi connectivity index (χ4v) is 4.18. The number of thiophene rings is 1. The number of ether oxygens (including phenoxy) is 1. The highest BCUT2D eigenvalue weighted by Gasteiger charge is 2.30. The number of hydrogen-bond acceptors (Lipinski definition) is 3. The van der Waals surface area contributed by atoms with Gasteiger partial charge in [0.2, 0.25) is 0 Å². The van der Waals surface area contributed by atoms with Crippen LogP contribution in [0.4, 0.5) is 0 Å². The molecule has 3 nitrogen and oxygen atoms in total. The maximum absolute atomic E-state index is 12.7. The predicted molar refractivity (Wildman–Crippen MR) is 98.7 cm³/mol. The number of hydrogen-bond donors (Lipinski definition) is 0. The molecule has 2 atom stereocenters. The summed E-state index contributed by atoms with van der Waals surface area (Å²) in [5.41, 5.74) is 1.18. The first kappa shape index (κ1) is 17.0. The number of amides is 1. The van der Waals surface area contributed by atoms with Gasteiger partial charge < -0.3 is 9.64 Å². The lowest BCUT2D eigenvalue weighted by atomic mass is 9.98. The molecule has 24 heavy (non-hydrogen) atoms. The van der Waals surface area contributed by atoms with E-state index in [0.717, 1.165) is 31.6 Å². The summed E-state index contributed by atoms with van der Waals surface area (Å²) in [5.74, 6) is 1.36. The molecule has 0 N–H and O–H groups in total. The standard InChI is InChI=1S/C20H25NO2S/c1-3-15(2)16-8-4-5-10-18(16)23-14-20(22)21-12-6-9-17(21)19-11-7-13-24-19/h4-5,7-8,10-11,13,15,17H,3,6,9,12,14H2,1-2H3. The maximum Gasteiger partial charge on any atom is 0.261 e. The normalized spacial score (nSPS) is 18.6. The fraction of sp³-hybridized carbons (Fsp3) is 0.450. The molecule has 3 rings (SSSR count). The molecule has 2 aromatic rings. The van der Waals surface area contributed by atoms with E-state index in [9.17, 15) is 4.79 Å². The summed E-state index contributed by atoms with van der Waals surface area (Å²) in [6.07, 6.45) is 3.17. The van der Waals surface area contributed by atoms with E-state index < -0.39 is 0 Å². The van der Waals surface area contributed by atoms with Gasteiger partial charge in [0, 0.05) is 11.4 Å². The van der Waals surface area contributed by atoms with Crippen LogP contribution in [0.1, 0.15) is 55.5 Å². The highest BCUT2D eigenvalue weighted by molar-refractivity contribution is 7.10. The number of benzene rings is 1. The topological polar surface area (TPSA) is 29.5 Å². The number of likely N-dealkylation sites (tertiary alicyclic amines) is 1. The summed E-state index contributed by atoms with van der Waals surface area (Å²) in [6.45, 7) is 5.31. The van der Waals surface area contributed by atoms with Gasteiger partial charge in [0.15, 0.2) is 6.61 Å². The van der Waals surface area contributed by atoms with E-state index in [2.05, 4.69) is 37.4 Å². The third-order valence-electron chi connectivity index (χ3n) is 4.86. The van der Waals surface area contributed by atoms with Gasteiger partial charge in [-0.15, -0.1) is 11.3 Å². The van der Waals surface area contributed by atoms with E-state index in [1.807, 2.05) is 23.1 Å². The Labute approximate surface area is 148 Å². The lowest BCUT2D eigenvalue weighted by Crippen LogP contribution is -2.34. The Bertz CT molecular complexity index is 668. The Morgan fingerprint density at radius 2 is 2.17 bits per heavy atom. The van der Waals surface area contributed by atoms with Crippen molar-refractivity contribution in [3.8, 4) is 5.75 Å². The third-order valence-corrected chi connectivity index (χ3v) is 5.83. The molecule has 0 saturated carbocycles. The fourth-order valence-electron chi connectivity index (χ4n) is 3.30. The Hall–Kier alpha value is -1.81. The zero-order valence-corrected chi connectivity index (χ0v) is 15.2. The summed E-state index contributed by atoms with van der Waals surface area (Å²) < 4.78 is 5.91. The molecule has 0 radical (unpaired) electrons. The van der Waals surface area contributed by atoms with Gasteiger partial charge in [0.1, 0.15) is 5.75 Å². The van der Waals surface area contributed by atoms with E-state index in [1.54, 1.807) is 11.3 Å².